The molecule has 128 valence electrons. The molecule has 0 unspecified atom stereocenters. The normalized spacial score (nSPS) is 16.2. The third-order valence-electron chi connectivity index (χ3n) is 4.53. The van der Waals surface area contributed by atoms with Crippen LogP contribution in [0.4, 0.5) is 10.1 Å². The highest BCUT2D eigenvalue weighted by atomic mass is 19.1. The quantitative estimate of drug-likeness (QED) is 0.842. The fourth-order valence-electron chi connectivity index (χ4n) is 3.14. The number of nitriles is 1. The minimum atomic E-state index is -0.731. The third-order valence-corrected chi connectivity index (χ3v) is 4.53. The van der Waals surface area contributed by atoms with Crippen molar-refractivity contribution in [2.24, 2.45) is 0 Å². The van der Waals surface area contributed by atoms with Crippen molar-refractivity contribution in [2.45, 2.75) is 5.92 Å². The molecule has 0 aromatic heterocycles. The van der Waals surface area contributed by atoms with E-state index in [0.29, 0.717) is 31.9 Å². The van der Waals surface area contributed by atoms with E-state index in [9.17, 15) is 14.4 Å². The molecule has 0 saturated carbocycles. The van der Waals surface area contributed by atoms with Gasteiger partial charge in [0.05, 0.1) is 18.3 Å². The molecule has 0 N–H and O–H groups in total. The second-order valence-corrected chi connectivity index (χ2v) is 6.15. The Labute approximate surface area is 147 Å². The van der Waals surface area contributed by atoms with E-state index in [2.05, 4.69) is 6.07 Å². The van der Waals surface area contributed by atoms with Gasteiger partial charge in [0.15, 0.2) is 5.78 Å². The van der Waals surface area contributed by atoms with Gasteiger partial charge in [-0.15, -0.1) is 0 Å². The third kappa shape index (κ3) is 4.04. The molecule has 1 fully saturated rings. The Hall–Kier alpha value is -2.71. The second kappa shape index (κ2) is 7.91. The summed E-state index contributed by atoms with van der Waals surface area (Å²) in [5.74, 6) is -1.04. The van der Waals surface area contributed by atoms with Gasteiger partial charge in [-0.2, -0.15) is 5.26 Å². The molecule has 5 heteroatoms. The highest BCUT2D eigenvalue weighted by Crippen LogP contribution is 2.21. The van der Waals surface area contributed by atoms with Crippen molar-refractivity contribution in [2.75, 3.05) is 37.6 Å². The number of para-hydroxylation sites is 1. The number of ketones is 1. The molecule has 0 aliphatic carbocycles. The summed E-state index contributed by atoms with van der Waals surface area (Å²) in [4.78, 5) is 16.5. The van der Waals surface area contributed by atoms with Gasteiger partial charge in [0.25, 0.3) is 0 Å². The Morgan fingerprint density at radius 3 is 2.32 bits per heavy atom. The van der Waals surface area contributed by atoms with Gasteiger partial charge in [0.1, 0.15) is 11.7 Å². The lowest BCUT2D eigenvalue weighted by Crippen LogP contribution is -2.48. The van der Waals surface area contributed by atoms with Crippen LogP contribution in [0.1, 0.15) is 11.5 Å². The van der Waals surface area contributed by atoms with Gasteiger partial charge < -0.3 is 4.90 Å². The Morgan fingerprint density at radius 2 is 1.68 bits per heavy atom. The van der Waals surface area contributed by atoms with Crippen molar-refractivity contribution in [3.05, 3.63) is 66.0 Å². The minimum absolute atomic E-state index is 0.0898. The van der Waals surface area contributed by atoms with E-state index in [1.165, 1.54) is 6.07 Å². The molecule has 2 aromatic rings. The SMILES string of the molecule is N#C[C@H](C(=O)CN1CCN(c2ccccc2F)CC1)c1ccccc1. The first-order valence-electron chi connectivity index (χ1n) is 8.38. The first-order valence-corrected chi connectivity index (χ1v) is 8.38. The molecule has 1 aliphatic rings. The minimum Gasteiger partial charge on any atom is -0.367 e. The molecule has 4 nitrogen and oxygen atoms in total. The zero-order valence-electron chi connectivity index (χ0n) is 13.9. The predicted molar refractivity (Wildman–Crippen MR) is 94.9 cm³/mol. The van der Waals surface area contributed by atoms with Gasteiger partial charge in [-0.3, -0.25) is 9.69 Å². The van der Waals surface area contributed by atoms with Gasteiger partial charge in [0.2, 0.25) is 0 Å². The second-order valence-electron chi connectivity index (χ2n) is 6.15. The fourth-order valence-corrected chi connectivity index (χ4v) is 3.14. The lowest BCUT2D eigenvalue weighted by molar-refractivity contribution is -0.120. The summed E-state index contributed by atoms with van der Waals surface area (Å²) in [6.07, 6.45) is 0. The van der Waals surface area contributed by atoms with Gasteiger partial charge in [0, 0.05) is 26.2 Å². The maximum atomic E-state index is 13.9. The zero-order chi connectivity index (χ0) is 17.6. The molecule has 1 heterocycles. The summed E-state index contributed by atoms with van der Waals surface area (Å²) in [5.41, 5.74) is 1.34. The van der Waals surface area contributed by atoms with Crippen LogP contribution in [0.15, 0.2) is 54.6 Å². The average Bonchev–Trinajstić information content (AvgIpc) is 2.64. The van der Waals surface area contributed by atoms with Crippen LogP contribution in [0.5, 0.6) is 0 Å². The highest BCUT2D eigenvalue weighted by molar-refractivity contribution is 5.90. The van der Waals surface area contributed by atoms with Crippen molar-refractivity contribution in [3.8, 4) is 6.07 Å². The molecule has 2 aromatic carbocycles. The standard InChI is InChI=1S/C20H20FN3O/c21-18-8-4-5-9-19(18)24-12-10-23(11-13-24)15-20(25)17(14-22)16-6-2-1-3-7-16/h1-9,17H,10-13,15H2/t17-/m0/s1. The molecule has 1 saturated heterocycles. The number of hydrogen-bond acceptors (Lipinski definition) is 4. The van der Waals surface area contributed by atoms with Crippen LogP contribution in [0.3, 0.4) is 0 Å². The van der Waals surface area contributed by atoms with Gasteiger partial charge in [-0.05, 0) is 17.7 Å². The Bertz CT molecular complexity index is 764. The van der Waals surface area contributed by atoms with Crippen LogP contribution in [-0.4, -0.2) is 43.4 Å². The molecule has 1 atom stereocenters. The first-order chi connectivity index (χ1) is 12.2. The van der Waals surface area contributed by atoms with Crippen molar-refractivity contribution in [1.29, 1.82) is 5.26 Å². The average molecular weight is 337 g/mol. The van der Waals surface area contributed by atoms with Crippen molar-refractivity contribution < 1.29 is 9.18 Å². The van der Waals surface area contributed by atoms with Crippen LogP contribution in [0.2, 0.25) is 0 Å². The number of anilines is 1. The van der Waals surface area contributed by atoms with E-state index in [1.54, 1.807) is 12.1 Å². The lowest BCUT2D eigenvalue weighted by atomic mass is 9.96. The number of rotatable bonds is 5. The van der Waals surface area contributed by atoms with E-state index >= 15 is 0 Å². The lowest BCUT2D eigenvalue weighted by Gasteiger charge is -2.36. The van der Waals surface area contributed by atoms with Gasteiger partial charge in [-0.1, -0.05) is 42.5 Å². The number of hydrogen-bond donors (Lipinski definition) is 0. The summed E-state index contributed by atoms with van der Waals surface area (Å²) in [6, 6.07) is 18.0. The van der Waals surface area contributed by atoms with Crippen molar-refractivity contribution >= 4 is 11.5 Å². The van der Waals surface area contributed by atoms with Gasteiger partial charge >= 0.3 is 0 Å². The highest BCUT2D eigenvalue weighted by Gasteiger charge is 2.25. The largest absolute Gasteiger partial charge is 0.367 e. The van der Waals surface area contributed by atoms with E-state index in [-0.39, 0.29) is 18.1 Å². The summed E-state index contributed by atoms with van der Waals surface area (Å²) < 4.78 is 13.9. The van der Waals surface area contributed by atoms with Crippen LogP contribution < -0.4 is 4.90 Å². The predicted octanol–water partition coefficient (Wildman–Crippen LogP) is 2.82. The van der Waals surface area contributed by atoms with E-state index in [4.69, 9.17) is 0 Å². The molecule has 0 amide bonds. The fraction of sp³-hybridized carbons (Fsp3) is 0.300. The summed E-state index contributed by atoms with van der Waals surface area (Å²) >= 11 is 0. The number of piperazine rings is 1. The van der Waals surface area contributed by atoms with Crippen LogP contribution >= 0.6 is 0 Å². The smallest absolute Gasteiger partial charge is 0.168 e. The summed E-state index contributed by atoms with van der Waals surface area (Å²) in [5, 5.41) is 9.36. The maximum absolute atomic E-state index is 13.9. The summed E-state index contributed by atoms with van der Waals surface area (Å²) in [7, 11) is 0. The first kappa shape index (κ1) is 17.1. The molecule has 0 bridgehead atoms. The van der Waals surface area contributed by atoms with Gasteiger partial charge in [-0.25, -0.2) is 4.39 Å². The number of benzene rings is 2. The van der Waals surface area contributed by atoms with Crippen LogP contribution in [0.25, 0.3) is 0 Å². The molecular weight excluding hydrogens is 317 g/mol. The number of Topliss-reactive ketones (excluding diaryl/α,β-unsaturated/α-hetero) is 1. The zero-order valence-corrected chi connectivity index (χ0v) is 13.9. The molecule has 0 spiro atoms. The summed E-state index contributed by atoms with van der Waals surface area (Å²) in [6.45, 7) is 2.92. The molecule has 1 aliphatic heterocycles. The molecule has 0 radical (unpaired) electrons. The van der Waals surface area contributed by atoms with Crippen molar-refractivity contribution in [3.63, 3.8) is 0 Å². The molecule has 25 heavy (non-hydrogen) atoms. The molecular formula is C20H20FN3O. The van der Waals surface area contributed by atoms with E-state index < -0.39 is 5.92 Å². The molecule has 3 rings (SSSR count). The van der Waals surface area contributed by atoms with Crippen LogP contribution in [-0.2, 0) is 4.79 Å². The number of carbonyl (C=O) groups excluding carboxylic acids is 1. The number of nitrogens with zero attached hydrogens (tertiary/aromatic N) is 3. The van der Waals surface area contributed by atoms with Crippen molar-refractivity contribution in [1.82, 2.24) is 4.90 Å². The monoisotopic (exact) mass is 337 g/mol. The van der Waals surface area contributed by atoms with E-state index in [0.717, 1.165) is 5.56 Å². The Balaban J connectivity index is 1.58. The van der Waals surface area contributed by atoms with Crippen LogP contribution in [0, 0.1) is 17.1 Å². The number of halogens is 1. The number of carbonyl (C=O) groups is 1. The Morgan fingerprint density at radius 1 is 1.04 bits per heavy atom. The van der Waals surface area contributed by atoms with E-state index in [1.807, 2.05) is 46.2 Å². The topological polar surface area (TPSA) is 47.3 Å². The Kier molecular flexibility index (Phi) is 5.42. The maximum Gasteiger partial charge on any atom is 0.168 e.